The number of carbonyl (C=O) groups is 1. The van der Waals surface area contributed by atoms with Crippen molar-refractivity contribution in [2.24, 2.45) is 0 Å². The third-order valence-electron chi connectivity index (χ3n) is 3.80. The molecule has 114 valence electrons. The van der Waals surface area contributed by atoms with Gasteiger partial charge in [0.15, 0.2) is 0 Å². The summed E-state index contributed by atoms with van der Waals surface area (Å²) >= 11 is 1.49. The van der Waals surface area contributed by atoms with Gasteiger partial charge in [0.25, 0.3) is 0 Å². The van der Waals surface area contributed by atoms with Crippen molar-refractivity contribution in [2.45, 2.75) is 19.1 Å². The molecule has 3 rings (SSSR count). The summed E-state index contributed by atoms with van der Waals surface area (Å²) in [7, 11) is 0. The second kappa shape index (κ2) is 6.42. The topological polar surface area (TPSA) is 40.5 Å². The molecule has 1 fully saturated rings. The summed E-state index contributed by atoms with van der Waals surface area (Å²) in [6, 6.07) is 8.21. The number of aliphatic hydroxyl groups is 1. The number of nitrogens with zero attached hydrogens (tertiary/aromatic N) is 1. The molecule has 0 bridgehead atoms. The molecule has 5 heteroatoms. The van der Waals surface area contributed by atoms with E-state index in [0.717, 1.165) is 29.0 Å². The van der Waals surface area contributed by atoms with Crippen LogP contribution >= 0.6 is 11.3 Å². The van der Waals surface area contributed by atoms with Crippen LogP contribution in [0.1, 0.15) is 28.5 Å². The predicted molar refractivity (Wildman–Crippen MR) is 84.7 cm³/mol. The lowest BCUT2D eigenvalue weighted by molar-refractivity contribution is -0.133. The Hall–Kier alpha value is -1.98. The van der Waals surface area contributed by atoms with E-state index in [1.54, 1.807) is 29.2 Å². The van der Waals surface area contributed by atoms with E-state index < -0.39 is 0 Å². The highest BCUT2D eigenvalue weighted by atomic mass is 32.1. The third kappa shape index (κ3) is 3.10. The minimum atomic E-state index is -0.266. The maximum Gasteiger partial charge on any atom is 0.247 e. The van der Waals surface area contributed by atoms with Crippen molar-refractivity contribution in [3.05, 3.63) is 63.6 Å². The van der Waals surface area contributed by atoms with E-state index in [1.807, 2.05) is 11.4 Å². The van der Waals surface area contributed by atoms with Gasteiger partial charge in [0.2, 0.25) is 5.91 Å². The van der Waals surface area contributed by atoms with Crippen LogP contribution in [0.25, 0.3) is 6.08 Å². The molecule has 1 aromatic carbocycles. The number of rotatable bonds is 4. The van der Waals surface area contributed by atoms with E-state index in [2.05, 4.69) is 0 Å². The number of amides is 1. The van der Waals surface area contributed by atoms with Crippen LogP contribution in [0.15, 0.2) is 41.8 Å². The van der Waals surface area contributed by atoms with E-state index in [-0.39, 0.29) is 24.4 Å². The van der Waals surface area contributed by atoms with E-state index >= 15 is 0 Å². The normalized spacial score (nSPS) is 17.7. The number of hydrogen-bond acceptors (Lipinski definition) is 3. The molecule has 3 nitrogen and oxygen atoms in total. The molecule has 22 heavy (non-hydrogen) atoms. The molecule has 1 aromatic heterocycles. The molecular formula is C17H16FNO2S. The molecule has 1 N–H and O–H groups in total. The molecule has 1 atom stereocenters. The number of thiophene rings is 1. The van der Waals surface area contributed by atoms with Gasteiger partial charge in [-0.05, 0) is 47.2 Å². The fraction of sp³-hybridized carbons (Fsp3) is 0.235. The molecule has 2 heterocycles. The molecule has 1 unspecified atom stereocenters. The lowest BCUT2D eigenvalue weighted by Crippen LogP contribution is -2.44. The molecule has 0 spiro atoms. The van der Waals surface area contributed by atoms with Crippen LogP contribution in [0.4, 0.5) is 4.39 Å². The number of halogens is 1. The fourth-order valence-electron chi connectivity index (χ4n) is 2.50. The molecule has 1 aliphatic heterocycles. The fourth-order valence-corrected chi connectivity index (χ4v) is 3.29. The van der Waals surface area contributed by atoms with Gasteiger partial charge in [0.1, 0.15) is 5.82 Å². The van der Waals surface area contributed by atoms with Crippen molar-refractivity contribution >= 4 is 23.3 Å². The first-order chi connectivity index (χ1) is 10.7. The van der Waals surface area contributed by atoms with Crippen LogP contribution < -0.4 is 0 Å². The van der Waals surface area contributed by atoms with E-state index in [4.69, 9.17) is 5.11 Å². The van der Waals surface area contributed by atoms with Gasteiger partial charge in [-0.25, -0.2) is 4.39 Å². The Bertz CT molecular complexity index is 693. The van der Waals surface area contributed by atoms with Crippen molar-refractivity contribution in [1.29, 1.82) is 0 Å². The molecule has 1 amide bonds. The Balaban J connectivity index is 1.66. The SMILES string of the molecule is O=C(C=Cc1cc(CO)cs1)N1CCC1c1ccc(F)cc1. The maximum absolute atomic E-state index is 13.0. The highest BCUT2D eigenvalue weighted by molar-refractivity contribution is 7.11. The van der Waals surface area contributed by atoms with Crippen molar-refractivity contribution in [3.8, 4) is 0 Å². The summed E-state index contributed by atoms with van der Waals surface area (Å²) in [5, 5.41) is 10.9. The maximum atomic E-state index is 13.0. The van der Waals surface area contributed by atoms with Crippen molar-refractivity contribution < 1.29 is 14.3 Å². The minimum Gasteiger partial charge on any atom is -0.392 e. The summed E-state index contributed by atoms with van der Waals surface area (Å²) in [6.07, 6.45) is 4.23. The van der Waals surface area contributed by atoms with Gasteiger partial charge in [-0.2, -0.15) is 0 Å². The Kier molecular flexibility index (Phi) is 4.36. The smallest absolute Gasteiger partial charge is 0.247 e. The molecule has 0 saturated carbocycles. The zero-order valence-corrected chi connectivity index (χ0v) is 12.7. The first-order valence-electron chi connectivity index (χ1n) is 7.10. The summed E-state index contributed by atoms with van der Waals surface area (Å²) < 4.78 is 13.0. The third-order valence-corrected chi connectivity index (χ3v) is 4.75. The van der Waals surface area contributed by atoms with Crippen molar-refractivity contribution in [3.63, 3.8) is 0 Å². The summed E-state index contributed by atoms with van der Waals surface area (Å²) in [5.74, 6) is -0.308. The second-order valence-electron chi connectivity index (χ2n) is 5.24. The van der Waals surface area contributed by atoms with E-state index in [9.17, 15) is 9.18 Å². The highest BCUT2D eigenvalue weighted by Crippen LogP contribution is 2.33. The van der Waals surface area contributed by atoms with Crippen LogP contribution in [-0.4, -0.2) is 22.5 Å². The van der Waals surface area contributed by atoms with E-state index in [1.165, 1.54) is 23.5 Å². The van der Waals surface area contributed by atoms with Gasteiger partial charge in [-0.1, -0.05) is 12.1 Å². The Morgan fingerprint density at radius 3 is 2.77 bits per heavy atom. The van der Waals surface area contributed by atoms with Gasteiger partial charge in [0, 0.05) is 17.5 Å². The average molecular weight is 317 g/mol. The van der Waals surface area contributed by atoms with Crippen molar-refractivity contribution in [1.82, 2.24) is 4.90 Å². The molecule has 1 aliphatic rings. The molecule has 0 radical (unpaired) electrons. The molecular weight excluding hydrogens is 301 g/mol. The number of hydrogen-bond donors (Lipinski definition) is 1. The monoisotopic (exact) mass is 317 g/mol. The first kappa shape index (κ1) is 14.9. The van der Waals surface area contributed by atoms with Crippen LogP contribution in [0.5, 0.6) is 0 Å². The zero-order chi connectivity index (χ0) is 15.5. The van der Waals surface area contributed by atoms with Gasteiger partial charge in [0.05, 0.1) is 12.6 Å². The quantitative estimate of drug-likeness (QED) is 0.878. The lowest BCUT2D eigenvalue weighted by atomic mass is 9.94. The van der Waals surface area contributed by atoms with Gasteiger partial charge in [-0.3, -0.25) is 4.79 Å². The summed E-state index contributed by atoms with van der Waals surface area (Å²) in [5.41, 5.74) is 1.82. The summed E-state index contributed by atoms with van der Waals surface area (Å²) in [4.78, 5) is 15.0. The summed E-state index contributed by atoms with van der Waals surface area (Å²) in [6.45, 7) is 0.731. The number of likely N-dealkylation sites (tertiary alicyclic amines) is 1. The van der Waals surface area contributed by atoms with Crippen LogP contribution in [0, 0.1) is 5.82 Å². The zero-order valence-electron chi connectivity index (χ0n) is 11.9. The molecule has 1 saturated heterocycles. The Labute approximate surface area is 132 Å². The minimum absolute atomic E-state index is 0.0110. The largest absolute Gasteiger partial charge is 0.392 e. The number of aliphatic hydroxyl groups excluding tert-OH is 1. The van der Waals surface area contributed by atoms with Crippen molar-refractivity contribution in [2.75, 3.05) is 6.54 Å². The number of carbonyl (C=O) groups excluding carboxylic acids is 1. The first-order valence-corrected chi connectivity index (χ1v) is 7.98. The Morgan fingerprint density at radius 1 is 1.41 bits per heavy atom. The molecule has 2 aromatic rings. The average Bonchev–Trinajstić information content (AvgIpc) is 2.94. The van der Waals surface area contributed by atoms with Gasteiger partial charge in [-0.15, -0.1) is 11.3 Å². The van der Waals surface area contributed by atoms with Gasteiger partial charge < -0.3 is 10.0 Å². The van der Waals surface area contributed by atoms with Crippen LogP contribution in [0.2, 0.25) is 0 Å². The van der Waals surface area contributed by atoms with Crippen LogP contribution in [0.3, 0.4) is 0 Å². The predicted octanol–water partition coefficient (Wildman–Crippen LogP) is 3.37. The highest BCUT2D eigenvalue weighted by Gasteiger charge is 2.31. The Morgan fingerprint density at radius 2 is 2.18 bits per heavy atom. The standard InChI is InChI=1S/C17H16FNO2S/c18-14-3-1-13(2-4-14)16-7-8-19(16)17(21)6-5-15-9-12(10-20)11-22-15/h1-6,9,11,16,20H,7-8,10H2. The van der Waals surface area contributed by atoms with Crippen LogP contribution in [-0.2, 0) is 11.4 Å². The molecule has 0 aliphatic carbocycles. The lowest BCUT2D eigenvalue weighted by Gasteiger charge is -2.40. The second-order valence-corrected chi connectivity index (χ2v) is 6.18. The van der Waals surface area contributed by atoms with E-state index in [0.29, 0.717) is 0 Å². The van der Waals surface area contributed by atoms with Gasteiger partial charge >= 0.3 is 0 Å². The number of benzene rings is 1.